The van der Waals surface area contributed by atoms with Crippen LogP contribution in [0.1, 0.15) is 41.6 Å². The molecule has 152 valence electrons. The van der Waals surface area contributed by atoms with Gasteiger partial charge in [-0.25, -0.2) is 9.59 Å². The molecule has 1 heterocycles. The summed E-state index contributed by atoms with van der Waals surface area (Å²) in [6.07, 6.45) is 0.788. The second-order valence-electron chi connectivity index (χ2n) is 7.62. The Hall–Kier alpha value is -2.86. The van der Waals surface area contributed by atoms with E-state index in [9.17, 15) is 9.59 Å². The number of hydrogen-bond donors (Lipinski definition) is 0. The number of rotatable bonds is 6. The first-order valence-corrected chi connectivity index (χ1v) is 10.1. The van der Waals surface area contributed by atoms with Gasteiger partial charge in [-0.2, -0.15) is 0 Å². The molecule has 0 fully saturated rings. The Morgan fingerprint density at radius 1 is 1.00 bits per heavy atom. The van der Waals surface area contributed by atoms with Crippen molar-refractivity contribution in [2.24, 2.45) is 0 Å². The fourth-order valence-electron chi connectivity index (χ4n) is 2.93. The van der Waals surface area contributed by atoms with Gasteiger partial charge in [-0.15, -0.1) is 11.3 Å². The summed E-state index contributed by atoms with van der Waals surface area (Å²) in [7, 11) is 1.32. The molecule has 0 N–H and O–H groups in total. The molecular weight excluding hydrogens is 388 g/mol. The molecule has 6 heteroatoms. The molecule has 0 amide bonds. The van der Waals surface area contributed by atoms with E-state index >= 15 is 0 Å². The molecule has 0 saturated heterocycles. The standard InChI is InChI=1S/C23H24O5S/c1-23(2,3)28-19(24)14-27-20-17-11-10-16(12-15-8-6-5-7-9-15)13-18(17)29-21(20)22(25)26-4/h5-11,13H,12,14H2,1-4H3. The molecule has 1 aromatic heterocycles. The van der Waals surface area contributed by atoms with Gasteiger partial charge >= 0.3 is 11.9 Å². The first-order valence-electron chi connectivity index (χ1n) is 9.29. The Morgan fingerprint density at radius 3 is 2.38 bits per heavy atom. The van der Waals surface area contributed by atoms with Crippen LogP contribution in [0.3, 0.4) is 0 Å². The number of ether oxygens (including phenoxy) is 3. The predicted octanol–water partition coefficient (Wildman–Crippen LogP) is 5.00. The van der Waals surface area contributed by atoms with E-state index in [1.54, 1.807) is 20.8 Å². The number of benzene rings is 2. The fourth-order valence-corrected chi connectivity index (χ4v) is 4.06. The van der Waals surface area contributed by atoms with Crippen LogP contribution in [-0.2, 0) is 20.7 Å². The molecule has 0 saturated carbocycles. The molecule has 3 aromatic rings. The van der Waals surface area contributed by atoms with E-state index in [1.807, 2.05) is 36.4 Å². The molecule has 2 aromatic carbocycles. The first kappa shape index (κ1) is 20.9. The molecule has 0 aliphatic carbocycles. The van der Waals surface area contributed by atoms with Crippen LogP contribution in [0.5, 0.6) is 5.75 Å². The van der Waals surface area contributed by atoms with Gasteiger partial charge in [0.2, 0.25) is 0 Å². The van der Waals surface area contributed by atoms with Crippen molar-refractivity contribution < 1.29 is 23.8 Å². The second-order valence-corrected chi connectivity index (χ2v) is 8.67. The SMILES string of the molecule is COC(=O)c1sc2cc(Cc3ccccc3)ccc2c1OCC(=O)OC(C)(C)C. The zero-order valence-electron chi connectivity index (χ0n) is 17.0. The molecule has 5 nitrogen and oxygen atoms in total. The lowest BCUT2D eigenvalue weighted by molar-refractivity contribution is -0.157. The number of carbonyl (C=O) groups is 2. The Labute approximate surface area is 174 Å². The van der Waals surface area contributed by atoms with Crippen LogP contribution in [0.15, 0.2) is 48.5 Å². The van der Waals surface area contributed by atoms with Crippen LogP contribution in [0.2, 0.25) is 0 Å². The first-order chi connectivity index (χ1) is 13.8. The molecule has 0 aliphatic rings. The summed E-state index contributed by atoms with van der Waals surface area (Å²) in [4.78, 5) is 24.6. The van der Waals surface area contributed by atoms with Gasteiger partial charge in [0.1, 0.15) is 5.60 Å². The lowest BCUT2D eigenvalue weighted by Crippen LogP contribution is -2.27. The summed E-state index contributed by atoms with van der Waals surface area (Å²) in [5, 5.41) is 0.774. The monoisotopic (exact) mass is 412 g/mol. The molecule has 0 bridgehead atoms. The highest BCUT2D eigenvalue weighted by Gasteiger charge is 2.23. The third-order valence-electron chi connectivity index (χ3n) is 4.09. The van der Waals surface area contributed by atoms with Crippen molar-refractivity contribution in [3.8, 4) is 5.75 Å². The minimum absolute atomic E-state index is 0.279. The largest absolute Gasteiger partial charge is 0.479 e. The Kier molecular flexibility index (Phi) is 6.23. The van der Waals surface area contributed by atoms with E-state index in [1.165, 1.54) is 24.0 Å². The van der Waals surface area contributed by atoms with E-state index in [0.717, 1.165) is 22.1 Å². The lowest BCUT2D eigenvalue weighted by atomic mass is 10.0. The van der Waals surface area contributed by atoms with Crippen LogP contribution >= 0.6 is 11.3 Å². The smallest absolute Gasteiger partial charge is 0.351 e. The highest BCUT2D eigenvalue weighted by atomic mass is 32.1. The van der Waals surface area contributed by atoms with E-state index < -0.39 is 17.5 Å². The zero-order chi connectivity index (χ0) is 21.0. The molecule has 0 radical (unpaired) electrons. The van der Waals surface area contributed by atoms with Gasteiger partial charge in [0, 0.05) is 10.1 Å². The van der Waals surface area contributed by atoms with Crippen molar-refractivity contribution >= 4 is 33.4 Å². The number of esters is 2. The number of thiophene rings is 1. The van der Waals surface area contributed by atoms with E-state index in [-0.39, 0.29) is 6.61 Å². The predicted molar refractivity (Wildman–Crippen MR) is 114 cm³/mol. The lowest BCUT2D eigenvalue weighted by Gasteiger charge is -2.19. The summed E-state index contributed by atoms with van der Waals surface area (Å²) < 4.78 is 16.8. The fraction of sp³-hybridized carbons (Fsp3) is 0.304. The molecular formula is C23H24O5S. The molecule has 29 heavy (non-hydrogen) atoms. The van der Waals surface area contributed by atoms with Gasteiger partial charge in [0.05, 0.1) is 7.11 Å². The summed E-state index contributed by atoms with van der Waals surface area (Å²) in [6, 6.07) is 16.1. The summed E-state index contributed by atoms with van der Waals surface area (Å²) in [6.45, 7) is 5.09. The average Bonchev–Trinajstić information content (AvgIpc) is 3.03. The maximum atomic E-state index is 12.2. The summed E-state index contributed by atoms with van der Waals surface area (Å²) >= 11 is 1.29. The summed E-state index contributed by atoms with van der Waals surface area (Å²) in [5.41, 5.74) is 1.73. The van der Waals surface area contributed by atoms with Crippen molar-refractivity contribution in [1.29, 1.82) is 0 Å². The normalized spacial score (nSPS) is 11.3. The number of carbonyl (C=O) groups excluding carboxylic acids is 2. The van der Waals surface area contributed by atoms with Crippen molar-refractivity contribution in [3.05, 3.63) is 64.5 Å². The Morgan fingerprint density at radius 2 is 1.72 bits per heavy atom. The maximum absolute atomic E-state index is 12.2. The van der Waals surface area contributed by atoms with Gasteiger partial charge in [-0.1, -0.05) is 36.4 Å². The third-order valence-corrected chi connectivity index (χ3v) is 5.20. The van der Waals surface area contributed by atoms with Crippen molar-refractivity contribution in [2.45, 2.75) is 32.8 Å². The quantitative estimate of drug-likeness (QED) is 0.533. The maximum Gasteiger partial charge on any atom is 0.351 e. The van der Waals surface area contributed by atoms with E-state index in [0.29, 0.717) is 10.6 Å². The number of methoxy groups -OCH3 is 1. The number of hydrogen-bond acceptors (Lipinski definition) is 6. The van der Waals surface area contributed by atoms with Gasteiger partial charge in [0.15, 0.2) is 17.2 Å². The van der Waals surface area contributed by atoms with Crippen molar-refractivity contribution in [2.75, 3.05) is 13.7 Å². The van der Waals surface area contributed by atoms with Gasteiger partial charge < -0.3 is 14.2 Å². The van der Waals surface area contributed by atoms with Gasteiger partial charge in [-0.3, -0.25) is 0 Å². The van der Waals surface area contributed by atoms with Crippen molar-refractivity contribution in [1.82, 2.24) is 0 Å². The van der Waals surface area contributed by atoms with Gasteiger partial charge in [0.25, 0.3) is 0 Å². The molecule has 0 atom stereocenters. The average molecular weight is 413 g/mol. The van der Waals surface area contributed by atoms with Crippen LogP contribution in [0, 0.1) is 0 Å². The molecule has 0 spiro atoms. The van der Waals surface area contributed by atoms with Crippen molar-refractivity contribution in [3.63, 3.8) is 0 Å². The number of fused-ring (bicyclic) bond motifs is 1. The summed E-state index contributed by atoms with van der Waals surface area (Å²) in [5.74, 6) is -0.627. The van der Waals surface area contributed by atoms with E-state index in [2.05, 4.69) is 12.1 Å². The molecule has 3 rings (SSSR count). The Bertz CT molecular complexity index is 1010. The minimum Gasteiger partial charge on any atom is -0.479 e. The third kappa shape index (κ3) is 5.35. The van der Waals surface area contributed by atoms with Crippen LogP contribution < -0.4 is 4.74 Å². The topological polar surface area (TPSA) is 61.8 Å². The second kappa shape index (κ2) is 8.66. The molecule has 0 unspecified atom stereocenters. The van der Waals surface area contributed by atoms with Gasteiger partial charge in [-0.05, 0) is 50.5 Å². The Balaban J connectivity index is 1.88. The zero-order valence-corrected chi connectivity index (χ0v) is 17.8. The highest BCUT2D eigenvalue weighted by Crippen LogP contribution is 2.39. The van der Waals surface area contributed by atoms with E-state index in [4.69, 9.17) is 14.2 Å². The highest BCUT2D eigenvalue weighted by molar-refractivity contribution is 7.21. The molecule has 0 aliphatic heterocycles. The minimum atomic E-state index is -0.603. The van der Waals surface area contributed by atoms with Crippen LogP contribution in [-0.4, -0.2) is 31.3 Å². The van der Waals surface area contributed by atoms with Crippen LogP contribution in [0.4, 0.5) is 0 Å². The van der Waals surface area contributed by atoms with Crippen LogP contribution in [0.25, 0.3) is 10.1 Å².